The second kappa shape index (κ2) is 6.70. The molecule has 0 atom stereocenters. The minimum atomic E-state index is -0.582. The van der Waals surface area contributed by atoms with E-state index >= 15 is 0 Å². The number of nitrogens with one attached hydrogen (secondary N) is 1. The minimum absolute atomic E-state index is 0. The normalized spacial score (nSPS) is 14.7. The van der Waals surface area contributed by atoms with Crippen molar-refractivity contribution in [3.63, 3.8) is 0 Å². The maximum Gasteiger partial charge on any atom is 0.283 e. The van der Waals surface area contributed by atoms with Crippen molar-refractivity contribution in [3.8, 4) is 0 Å². The first-order valence-electron chi connectivity index (χ1n) is 5.54. The van der Waals surface area contributed by atoms with Crippen LogP contribution in [0.2, 0.25) is 5.02 Å². The zero-order valence-corrected chi connectivity index (χ0v) is 11.5. The highest BCUT2D eigenvalue weighted by Crippen LogP contribution is 2.27. The van der Waals surface area contributed by atoms with Gasteiger partial charge in [-0.05, 0) is 6.07 Å². The van der Waals surface area contributed by atoms with Crippen LogP contribution in [0, 0.1) is 10.1 Å². The van der Waals surface area contributed by atoms with Gasteiger partial charge in [-0.3, -0.25) is 14.9 Å². The summed E-state index contributed by atoms with van der Waals surface area (Å²) in [6.07, 6.45) is 0. The summed E-state index contributed by atoms with van der Waals surface area (Å²) >= 11 is 5.92. The smallest absolute Gasteiger partial charge is 0.283 e. The highest BCUT2D eigenvalue weighted by molar-refractivity contribution is 6.34. The molecular formula is C11H13Cl2N3O3. The molecule has 19 heavy (non-hydrogen) atoms. The molecule has 0 unspecified atom stereocenters. The average molecular weight is 306 g/mol. The predicted molar refractivity (Wildman–Crippen MR) is 74.1 cm³/mol. The molecule has 0 radical (unpaired) electrons. The molecule has 1 saturated heterocycles. The van der Waals surface area contributed by atoms with Gasteiger partial charge in [0.05, 0.1) is 9.95 Å². The number of benzene rings is 1. The third-order valence-corrected chi connectivity index (χ3v) is 3.12. The standard InChI is InChI=1S/C11H12ClN3O3.ClH/c12-8-2-1-3-9(15(17)18)10(8)11(16)14-6-4-13-5-7-14;/h1-3,13H,4-7H2;1H. The van der Waals surface area contributed by atoms with Crippen molar-refractivity contribution < 1.29 is 9.72 Å². The monoisotopic (exact) mass is 305 g/mol. The second-order valence-electron chi connectivity index (χ2n) is 3.93. The van der Waals surface area contributed by atoms with Crippen molar-refractivity contribution in [2.75, 3.05) is 26.2 Å². The predicted octanol–water partition coefficient (Wildman–Crippen LogP) is 1.72. The summed E-state index contributed by atoms with van der Waals surface area (Å²) in [7, 11) is 0. The van der Waals surface area contributed by atoms with Gasteiger partial charge in [-0.2, -0.15) is 0 Å². The maximum absolute atomic E-state index is 12.3. The van der Waals surface area contributed by atoms with Crippen LogP contribution in [-0.2, 0) is 0 Å². The summed E-state index contributed by atoms with van der Waals surface area (Å²) in [5, 5.41) is 14.2. The number of amides is 1. The van der Waals surface area contributed by atoms with Crippen LogP contribution < -0.4 is 5.32 Å². The Bertz CT molecular complexity index is 490. The van der Waals surface area contributed by atoms with Gasteiger partial charge in [0, 0.05) is 32.2 Å². The summed E-state index contributed by atoms with van der Waals surface area (Å²) in [4.78, 5) is 24.2. The number of carbonyl (C=O) groups excluding carboxylic acids is 1. The number of nitrogens with zero attached hydrogens (tertiary/aromatic N) is 2. The third-order valence-electron chi connectivity index (χ3n) is 2.81. The van der Waals surface area contributed by atoms with Gasteiger partial charge < -0.3 is 10.2 Å². The van der Waals surface area contributed by atoms with Crippen molar-refractivity contribution in [2.45, 2.75) is 0 Å². The number of rotatable bonds is 2. The van der Waals surface area contributed by atoms with E-state index < -0.39 is 4.92 Å². The lowest BCUT2D eigenvalue weighted by atomic mass is 10.1. The van der Waals surface area contributed by atoms with Crippen molar-refractivity contribution >= 4 is 35.6 Å². The quantitative estimate of drug-likeness (QED) is 0.667. The molecule has 0 aromatic heterocycles. The van der Waals surface area contributed by atoms with E-state index in [-0.39, 0.29) is 34.6 Å². The molecule has 1 aromatic carbocycles. The summed E-state index contributed by atoms with van der Waals surface area (Å²) in [5.74, 6) is -0.381. The average Bonchev–Trinajstić information content (AvgIpc) is 2.38. The van der Waals surface area contributed by atoms with Crippen molar-refractivity contribution in [1.82, 2.24) is 10.2 Å². The Morgan fingerprint density at radius 1 is 1.37 bits per heavy atom. The van der Waals surface area contributed by atoms with Crippen LogP contribution in [0.5, 0.6) is 0 Å². The number of nitro groups is 1. The van der Waals surface area contributed by atoms with Crippen molar-refractivity contribution in [3.05, 3.63) is 38.9 Å². The lowest BCUT2D eigenvalue weighted by molar-refractivity contribution is -0.385. The van der Waals surface area contributed by atoms with Gasteiger partial charge in [0.25, 0.3) is 11.6 Å². The molecule has 1 aromatic rings. The SMILES string of the molecule is Cl.O=C(c1c(Cl)cccc1[N+](=O)[O-])N1CCNCC1. The molecule has 0 saturated carbocycles. The van der Waals surface area contributed by atoms with Gasteiger partial charge in [-0.1, -0.05) is 17.7 Å². The van der Waals surface area contributed by atoms with Gasteiger partial charge in [-0.15, -0.1) is 12.4 Å². The van der Waals surface area contributed by atoms with Gasteiger partial charge in [0.1, 0.15) is 5.56 Å². The van der Waals surface area contributed by atoms with E-state index in [1.165, 1.54) is 18.2 Å². The first-order chi connectivity index (χ1) is 8.61. The molecule has 2 rings (SSSR count). The molecule has 1 aliphatic rings. The van der Waals surface area contributed by atoms with Gasteiger partial charge >= 0.3 is 0 Å². The molecule has 1 fully saturated rings. The topological polar surface area (TPSA) is 75.5 Å². The molecule has 1 aliphatic heterocycles. The molecule has 1 heterocycles. The molecule has 1 N–H and O–H groups in total. The molecule has 1 amide bonds. The number of nitro benzene ring substituents is 1. The Kier molecular flexibility index (Phi) is 5.53. The van der Waals surface area contributed by atoms with Crippen LogP contribution in [0.1, 0.15) is 10.4 Å². The van der Waals surface area contributed by atoms with Crippen LogP contribution in [0.3, 0.4) is 0 Å². The minimum Gasteiger partial charge on any atom is -0.336 e. The van der Waals surface area contributed by atoms with Gasteiger partial charge in [-0.25, -0.2) is 0 Å². The summed E-state index contributed by atoms with van der Waals surface area (Å²) in [6.45, 7) is 2.43. The fraction of sp³-hybridized carbons (Fsp3) is 0.364. The van der Waals surface area contributed by atoms with E-state index in [1.54, 1.807) is 4.90 Å². The summed E-state index contributed by atoms with van der Waals surface area (Å²) in [5.41, 5.74) is -0.267. The van der Waals surface area contributed by atoms with E-state index in [9.17, 15) is 14.9 Å². The third kappa shape index (κ3) is 3.34. The highest BCUT2D eigenvalue weighted by Gasteiger charge is 2.27. The van der Waals surface area contributed by atoms with Crippen molar-refractivity contribution in [1.29, 1.82) is 0 Å². The molecule has 0 spiro atoms. The van der Waals surface area contributed by atoms with Crippen LogP contribution in [0.15, 0.2) is 18.2 Å². The van der Waals surface area contributed by atoms with E-state index in [1.807, 2.05) is 0 Å². The molecule has 104 valence electrons. The van der Waals surface area contributed by atoms with Crippen LogP contribution in [-0.4, -0.2) is 41.9 Å². The molecule has 6 nitrogen and oxygen atoms in total. The number of carbonyl (C=O) groups is 1. The van der Waals surface area contributed by atoms with E-state index in [0.29, 0.717) is 26.2 Å². The first-order valence-corrected chi connectivity index (χ1v) is 5.92. The van der Waals surface area contributed by atoms with E-state index in [2.05, 4.69) is 5.32 Å². The zero-order valence-electron chi connectivity index (χ0n) is 9.97. The lowest BCUT2D eigenvalue weighted by Crippen LogP contribution is -2.46. The largest absolute Gasteiger partial charge is 0.336 e. The Morgan fingerprint density at radius 3 is 2.58 bits per heavy atom. The molecular weight excluding hydrogens is 293 g/mol. The molecule has 0 aliphatic carbocycles. The van der Waals surface area contributed by atoms with E-state index in [4.69, 9.17) is 11.6 Å². The van der Waals surface area contributed by atoms with Crippen LogP contribution >= 0.6 is 24.0 Å². The Hall–Kier alpha value is -1.37. The highest BCUT2D eigenvalue weighted by atomic mass is 35.5. The number of hydrogen-bond acceptors (Lipinski definition) is 4. The Balaban J connectivity index is 0.00000180. The fourth-order valence-electron chi connectivity index (χ4n) is 1.90. The number of halogens is 2. The maximum atomic E-state index is 12.3. The fourth-order valence-corrected chi connectivity index (χ4v) is 2.15. The summed E-state index contributed by atoms with van der Waals surface area (Å²) in [6, 6.07) is 4.25. The van der Waals surface area contributed by atoms with Crippen LogP contribution in [0.4, 0.5) is 5.69 Å². The van der Waals surface area contributed by atoms with Crippen molar-refractivity contribution in [2.24, 2.45) is 0 Å². The number of hydrogen-bond donors (Lipinski definition) is 1. The van der Waals surface area contributed by atoms with E-state index in [0.717, 1.165) is 0 Å². The zero-order chi connectivity index (χ0) is 13.1. The second-order valence-corrected chi connectivity index (χ2v) is 4.34. The lowest BCUT2D eigenvalue weighted by Gasteiger charge is -2.27. The van der Waals surface area contributed by atoms with Gasteiger partial charge in [0.15, 0.2) is 0 Å². The first kappa shape index (κ1) is 15.7. The number of piperazine rings is 1. The Morgan fingerprint density at radius 2 is 2.00 bits per heavy atom. The summed E-state index contributed by atoms with van der Waals surface area (Å²) < 4.78 is 0. The molecule has 8 heteroatoms. The Labute approximate surface area is 121 Å². The molecule has 0 bridgehead atoms. The van der Waals surface area contributed by atoms with Crippen LogP contribution in [0.25, 0.3) is 0 Å². The van der Waals surface area contributed by atoms with Gasteiger partial charge in [0.2, 0.25) is 0 Å².